The van der Waals surface area contributed by atoms with Crippen LogP contribution >= 0.6 is 0 Å². The normalized spacial score (nSPS) is 17.8. The fourth-order valence-corrected chi connectivity index (χ4v) is 2.02. The number of fused-ring (bicyclic) bond motifs is 1. The third-order valence-electron chi connectivity index (χ3n) is 2.89. The molecule has 92 valence electrons. The van der Waals surface area contributed by atoms with Crippen LogP contribution in [0.5, 0.6) is 0 Å². The Balaban J connectivity index is 1.88. The summed E-state index contributed by atoms with van der Waals surface area (Å²) in [6.07, 6.45) is 1.85. The predicted molar refractivity (Wildman–Crippen MR) is 69.2 cm³/mol. The van der Waals surface area contributed by atoms with Gasteiger partial charge in [0.25, 0.3) is 0 Å². The molecule has 2 amide bonds. The molecular weight excluding hydrogens is 214 g/mol. The molecule has 0 aliphatic carbocycles. The first-order chi connectivity index (χ1) is 8.29. The molecule has 1 aliphatic heterocycles. The minimum Gasteiger partial charge on any atom is -0.383 e. The number of rotatable bonds is 3. The number of para-hydroxylation sites is 1. The number of hydrogen-bond donors (Lipinski definition) is 3. The van der Waals surface area contributed by atoms with Crippen LogP contribution in [0.15, 0.2) is 24.3 Å². The Morgan fingerprint density at radius 2 is 2.29 bits per heavy atom. The van der Waals surface area contributed by atoms with Gasteiger partial charge in [-0.25, -0.2) is 4.79 Å². The summed E-state index contributed by atoms with van der Waals surface area (Å²) in [7, 11) is 0. The van der Waals surface area contributed by atoms with Crippen molar-refractivity contribution < 1.29 is 4.79 Å². The second-order valence-electron chi connectivity index (χ2n) is 4.34. The molecule has 1 aromatic carbocycles. The summed E-state index contributed by atoms with van der Waals surface area (Å²) >= 11 is 0. The Morgan fingerprint density at radius 3 is 3.12 bits per heavy atom. The molecule has 0 fully saturated rings. The first-order valence-corrected chi connectivity index (χ1v) is 6.15. The highest BCUT2D eigenvalue weighted by atomic mass is 16.2. The summed E-state index contributed by atoms with van der Waals surface area (Å²) in [6.45, 7) is 3.55. The largest absolute Gasteiger partial charge is 0.383 e. The van der Waals surface area contributed by atoms with Crippen LogP contribution in [0.1, 0.15) is 18.9 Å². The third-order valence-corrected chi connectivity index (χ3v) is 2.89. The number of anilines is 1. The van der Waals surface area contributed by atoms with Crippen molar-refractivity contribution >= 4 is 11.7 Å². The molecule has 1 aliphatic rings. The first kappa shape index (κ1) is 11.8. The molecular formula is C13H19N3O. The van der Waals surface area contributed by atoms with Crippen LogP contribution < -0.4 is 16.0 Å². The average Bonchev–Trinajstić information content (AvgIpc) is 2.36. The van der Waals surface area contributed by atoms with Crippen molar-refractivity contribution in [1.29, 1.82) is 0 Å². The zero-order valence-electron chi connectivity index (χ0n) is 10.1. The highest BCUT2D eigenvalue weighted by Crippen LogP contribution is 2.20. The number of urea groups is 1. The lowest BCUT2D eigenvalue weighted by Gasteiger charge is -2.26. The summed E-state index contributed by atoms with van der Waals surface area (Å²) in [5, 5.41) is 9.14. The van der Waals surface area contributed by atoms with Crippen LogP contribution in [0, 0.1) is 0 Å². The Morgan fingerprint density at radius 1 is 1.47 bits per heavy atom. The lowest BCUT2D eigenvalue weighted by atomic mass is 10.00. The van der Waals surface area contributed by atoms with Crippen LogP contribution in [-0.2, 0) is 6.42 Å². The van der Waals surface area contributed by atoms with Crippen molar-refractivity contribution in [3.8, 4) is 0 Å². The number of carbonyl (C=O) groups excluding carboxylic acids is 1. The van der Waals surface area contributed by atoms with Crippen molar-refractivity contribution in [1.82, 2.24) is 10.6 Å². The fourth-order valence-electron chi connectivity index (χ4n) is 2.02. The van der Waals surface area contributed by atoms with E-state index >= 15 is 0 Å². The monoisotopic (exact) mass is 233 g/mol. The molecule has 1 unspecified atom stereocenters. The van der Waals surface area contributed by atoms with Crippen LogP contribution in [-0.4, -0.2) is 25.2 Å². The molecule has 1 aromatic rings. The summed E-state index contributed by atoms with van der Waals surface area (Å²) in [6, 6.07) is 8.32. The van der Waals surface area contributed by atoms with Crippen LogP contribution in [0.25, 0.3) is 0 Å². The van der Waals surface area contributed by atoms with Crippen LogP contribution in [0.3, 0.4) is 0 Å². The van der Waals surface area contributed by atoms with Gasteiger partial charge in [0, 0.05) is 18.8 Å². The molecule has 3 N–H and O–H groups in total. The van der Waals surface area contributed by atoms with Gasteiger partial charge in [0.15, 0.2) is 0 Å². The quantitative estimate of drug-likeness (QED) is 0.744. The van der Waals surface area contributed by atoms with Gasteiger partial charge in [0.2, 0.25) is 0 Å². The lowest BCUT2D eigenvalue weighted by molar-refractivity contribution is 0.237. The highest BCUT2D eigenvalue weighted by molar-refractivity contribution is 5.74. The first-order valence-electron chi connectivity index (χ1n) is 6.15. The van der Waals surface area contributed by atoms with E-state index in [1.807, 2.05) is 19.1 Å². The Hall–Kier alpha value is -1.71. The van der Waals surface area contributed by atoms with E-state index in [9.17, 15) is 4.79 Å². The highest BCUT2D eigenvalue weighted by Gasteiger charge is 2.18. The number of carbonyl (C=O) groups is 1. The van der Waals surface area contributed by atoms with Crippen molar-refractivity contribution in [2.75, 3.05) is 18.4 Å². The number of nitrogens with one attached hydrogen (secondary N) is 3. The van der Waals surface area contributed by atoms with E-state index in [0.29, 0.717) is 0 Å². The van der Waals surface area contributed by atoms with E-state index in [4.69, 9.17) is 0 Å². The molecule has 0 saturated carbocycles. The summed E-state index contributed by atoms with van der Waals surface area (Å²) in [4.78, 5) is 11.5. The molecule has 0 aromatic heterocycles. The van der Waals surface area contributed by atoms with Gasteiger partial charge in [-0.05, 0) is 24.5 Å². The third kappa shape index (κ3) is 3.12. The second kappa shape index (κ2) is 5.57. The lowest BCUT2D eigenvalue weighted by Crippen LogP contribution is -2.47. The predicted octanol–water partition coefficient (Wildman–Crippen LogP) is 1.73. The van der Waals surface area contributed by atoms with Gasteiger partial charge in [0.05, 0.1) is 6.04 Å². The Bertz CT molecular complexity index is 392. The zero-order valence-corrected chi connectivity index (χ0v) is 10.1. The fraction of sp³-hybridized carbons (Fsp3) is 0.462. The number of benzene rings is 1. The van der Waals surface area contributed by atoms with Crippen molar-refractivity contribution in [3.05, 3.63) is 29.8 Å². The van der Waals surface area contributed by atoms with E-state index in [1.54, 1.807) is 0 Å². The van der Waals surface area contributed by atoms with E-state index in [-0.39, 0.29) is 12.1 Å². The molecule has 2 rings (SSSR count). The van der Waals surface area contributed by atoms with E-state index in [2.05, 4.69) is 28.1 Å². The van der Waals surface area contributed by atoms with Gasteiger partial charge < -0.3 is 16.0 Å². The smallest absolute Gasteiger partial charge is 0.315 e. The van der Waals surface area contributed by atoms with E-state index in [0.717, 1.165) is 25.9 Å². The molecule has 4 heteroatoms. The van der Waals surface area contributed by atoms with E-state index in [1.165, 1.54) is 11.3 Å². The van der Waals surface area contributed by atoms with Gasteiger partial charge in [-0.2, -0.15) is 0 Å². The van der Waals surface area contributed by atoms with Crippen LogP contribution in [0.4, 0.5) is 10.5 Å². The molecule has 0 spiro atoms. The zero-order chi connectivity index (χ0) is 12.1. The maximum atomic E-state index is 11.5. The van der Waals surface area contributed by atoms with Crippen molar-refractivity contribution in [2.24, 2.45) is 0 Å². The van der Waals surface area contributed by atoms with Gasteiger partial charge >= 0.3 is 6.03 Å². The average molecular weight is 233 g/mol. The Labute approximate surface area is 102 Å². The van der Waals surface area contributed by atoms with E-state index < -0.39 is 0 Å². The summed E-state index contributed by atoms with van der Waals surface area (Å²) in [5.41, 5.74) is 2.44. The number of hydrogen-bond acceptors (Lipinski definition) is 2. The SMILES string of the molecule is CCCNC(=O)NC1CNc2ccccc2C1. The maximum absolute atomic E-state index is 11.5. The van der Waals surface area contributed by atoms with Crippen molar-refractivity contribution in [3.63, 3.8) is 0 Å². The molecule has 1 heterocycles. The second-order valence-corrected chi connectivity index (χ2v) is 4.34. The summed E-state index contributed by atoms with van der Waals surface area (Å²) in [5.74, 6) is 0. The molecule has 0 radical (unpaired) electrons. The van der Waals surface area contributed by atoms with Gasteiger partial charge in [-0.3, -0.25) is 0 Å². The number of amides is 2. The van der Waals surface area contributed by atoms with Crippen LogP contribution in [0.2, 0.25) is 0 Å². The maximum Gasteiger partial charge on any atom is 0.315 e. The molecule has 0 bridgehead atoms. The molecule has 0 saturated heterocycles. The Kier molecular flexibility index (Phi) is 3.85. The van der Waals surface area contributed by atoms with Gasteiger partial charge in [-0.15, -0.1) is 0 Å². The minimum absolute atomic E-state index is 0.0713. The van der Waals surface area contributed by atoms with Gasteiger partial charge in [-0.1, -0.05) is 25.1 Å². The van der Waals surface area contributed by atoms with Crippen molar-refractivity contribution in [2.45, 2.75) is 25.8 Å². The summed E-state index contributed by atoms with van der Waals surface area (Å²) < 4.78 is 0. The molecule has 1 atom stereocenters. The minimum atomic E-state index is -0.0713. The van der Waals surface area contributed by atoms with Gasteiger partial charge in [0.1, 0.15) is 0 Å². The topological polar surface area (TPSA) is 53.2 Å². The molecule has 17 heavy (non-hydrogen) atoms. The standard InChI is InChI=1S/C13H19N3O/c1-2-7-14-13(17)16-11-8-10-5-3-4-6-12(10)15-9-11/h3-6,11,15H,2,7-9H2,1H3,(H2,14,16,17). The molecule has 4 nitrogen and oxygen atoms in total.